The van der Waals surface area contributed by atoms with Crippen molar-refractivity contribution in [3.8, 4) is 34.3 Å². The summed E-state index contributed by atoms with van der Waals surface area (Å²) in [5, 5.41) is 102. The Balaban J connectivity index is 1.69. The van der Waals surface area contributed by atoms with Gasteiger partial charge < -0.3 is 69.7 Å². The van der Waals surface area contributed by atoms with Crippen LogP contribution in [0.3, 0.4) is 0 Å². The van der Waals surface area contributed by atoms with E-state index in [1.807, 2.05) is 0 Å². The van der Waals surface area contributed by atoms with E-state index in [1.165, 1.54) is 6.07 Å². The van der Waals surface area contributed by atoms with Crippen molar-refractivity contribution < 1.29 is 69.7 Å². The molecule has 2 aromatic carbocycles. The minimum absolute atomic E-state index is 0.101. The first-order valence-corrected chi connectivity index (χ1v) is 12.4. The largest absolute Gasteiger partial charge is 0.506 e. The third-order valence-corrected chi connectivity index (χ3v) is 7.13. The molecule has 15 nitrogen and oxygen atoms in total. The van der Waals surface area contributed by atoms with E-state index in [0.717, 1.165) is 24.3 Å². The molecule has 5 rings (SSSR count). The summed E-state index contributed by atoms with van der Waals surface area (Å²) in [6.45, 7) is -1.26. The van der Waals surface area contributed by atoms with Gasteiger partial charge in [-0.3, -0.25) is 4.79 Å². The Morgan fingerprint density at radius 2 is 1.59 bits per heavy atom. The Labute approximate surface area is 229 Å². The van der Waals surface area contributed by atoms with Crippen LogP contribution in [0.2, 0.25) is 0 Å². The molecule has 9 atom stereocenters. The zero-order valence-electron chi connectivity index (χ0n) is 21.0. The Morgan fingerprint density at radius 1 is 0.854 bits per heavy atom. The lowest BCUT2D eigenvalue weighted by Gasteiger charge is -2.41. The molecule has 1 aromatic heterocycles. The number of benzene rings is 2. The first-order valence-electron chi connectivity index (χ1n) is 12.4. The van der Waals surface area contributed by atoms with E-state index in [1.54, 1.807) is 0 Å². The van der Waals surface area contributed by atoms with Crippen LogP contribution in [0, 0.1) is 0 Å². The number of aliphatic hydroxyl groups is 7. The molecule has 0 aliphatic carbocycles. The van der Waals surface area contributed by atoms with Crippen LogP contribution in [-0.2, 0) is 9.47 Å². The lowest BCUT2D eigenvalue weighted by molar-refractivity contribution is -0.245. The summed E-state index contributed by atoms with van der Waals surface area (Å²) in [5.41, 5.74) is -1.39. The summed E-state index contributed by atoms with van der Waals surface area (Å²) in [6, 6.07) is 5.68. The van der Waals surface area contributed by atoms with E-state index in [0.29, 0.717) is 0 Å². The van der Waals surface area contributed by atoms with Crippen molar-refractivity contribution in [2.24, 2.45) is 0 Å². The zero-order valence-corrected chi connectivity index (χ0v) is 21.0. The summed E-state index contributed by atoms with van der Waals surface area (Å²) in [5.74, 6) is -2.30. The lowest BCUT2D eigenvalue weighted by Crippen LogP contribution is -2.56. The molecule has 0 saturated carbocycles. The average Bonchev–Trinajstić information content (AvgIpc) is 2.94. The first-order chi connectivity index (χ1) is 19.4. The molecule has 2 fully saturated rings. The van der Waals surface area contributed by atoms with Gasteiger partial charge in [0.25, 0.3) is 0 Å². The van der Waals surface area contributed by atoms with Gasteiger partial charge in [-0.05, 0) is 18.2 Å². The number of hydrogen-bond donors (Lipinski definition) is 10. The third kappa shape index (κ3) is 5.07. The molecule has 2 aliphatic heterocycles. The van der Waals surface area contributed by atoms with Crippen LogP contribution in [0.15, 0.2) is 39.5 Å². The van der Waals surface area contributed by atoms with Crippen LogP contribution in [-0.4, -0.2) is 113 Å². The Bertz CT molecular complexity index is 1490. The summed E-state index contributed by atoms with van der Waals surface area (Å²) in [7, 11) is 0. The fourth-order valence-corrected chi connectivity index (χ4v) is 4.83. The topological polar surface area (TPSA) is 260 Å². The zero-order chi connectivity index (χ0) is 29.7. The van der Waals surface area contributed by atoms with Gasteiger partial charge in [-0.25, -0.2) is 0 Å². The number of ether oxygens (including phenoxy) is 3. The number of phenolic OH excluding ortho intramolecular Hbond substituents is 3. The van der Waals surface area contributed by atoms with Gasteiger partial charge in [0.05, 0.1) is 18.8 Å². The molecule has 41 heavy (non-hydrogen) atoms. The molecule has 0 radical (unpaired) electrons. The Hall–Kier alpha value is -3.51. The highest BCUT2D eigenvalue weighted by Gasteiger charge is 2.47. The van der Waals surface area contributed by atoms with Crippen molar-refractivity contribution in [3.05, 3.63) is 46.1 Å². The smallest absolute Gasteiger partial charge is 0.228 e. The summed E-state index contributed by atoms with van der Waals surface area (Å²) < 4.78 is 22.4. The van der Waals surface area contributed by atoms with Crippen molar-refractivity contribution in [2.45, 2.75) is 55.1 Å². The quantitative estimate of drug-likeness (QED) is 0.145. The maximum Gasteiger partial charge on any atom is 0.228 e. The molecule has 0 spiro atoms. The van der Waals surface area contributed by atoms with Crippen molar-refractivity contribution in [1.29, 1.82) is 0 Å². The van der Waals surface area contributed by atoms with E-state index in [-0.39, 0.29) is 16.9 Å². The van der Waals surface area contributed by atoms with Gasteiger partial charge in [-0.15, -0.1) is 0 Å². The Morgan fingerprint density at radius 3 is 2.27 bits per heavy atom. The lowest BCUT2D eigenvalue weighted by atomic mass is 9.89. The van der Waals surface area contributed by atoms with Gasteiger partial charge >= 0.3 is 0 Å². The molecular formula is C26H28O15. The molecule has 222 valence electrons. The van der Waals surface area contributed by atoms with E-state index in [4.69, 9.17) is 18.6 Å². The first kappa shape index (κ1) is 29.0. The van der Waals surface area contributed by atoms with Crippen LogP contribution in [0.25, 0.3) is 22.3 Å². The van der Waals surface area contributed by atoms with E-state index in [2.05, 4.69) is 0 Å². The van der Waals surface area contributed by atoms with Crippen LogP contribution in [0.5, 0.6) is 23.0 Å². The van der Waals surface area contributed by atoms with Crippen molar-refractivity contribution in [1.82, 2.24) is 0 Å². The number of fused-ring (bicyclic) bond motifs is 1. The van der Waals surface area contributed by atoms with Gasteiger partial charge in [-0.2, -0.15) is 0 Å². The molecule has 2 aliphatic rings. The van der Waals surface area contributed by atoms with Crippen molar-refractivity contribution >= 4 is 11.0 Å². The van der Waals surface area contributed by atoms with Crippen molar-refractivity contribution in [3.63, 3.8) is 0 Å². The molecule has 0 bridgehead atoms. The van der Waals surface area contributed by atoms with E-state index < -0.39 is 108 Å². The molecule has 9 unspecified atom stereocenters. The molecule has 15 heteroatoms. The summed E-state index contributed by atoms with van der Waals surface area (Å²) in [6.07, 6.45) is -15.3. The fraction of sp³-hybridized carbons (Fsp3) is 0.423. The number of phenols is 3. The maximum absolute atomic E-state index is 13.2. The van der Waals surface area contributed by atoms with Gasteiger partial charge in [0.2, 0.25) is 6.29 Å². The van der Waals surface area contributed by atoms with Gasteiger partial charge in [0.15, 0.2) is 16.9 Å². The SMILES string of the molecule is O=c1cc(-c2ccc(O)c(O)c2)oc2cc(OC3OCC(O)C(O)C3O)c(C3OC(CO)C(O)C(O)C3O)c(O)c12. The molecule has 3 heterocycles. The highest BCUT2D eigenvalue weighted by molar-refractivity contribution is 5.88. The van der Waals surface area contributed by atoms with Crippen LogP contribution < -0.4 is 10.2 Å². The third-order valence-electron chi connectivity index (χ3n) is 7.13. The predicted molar refractivity (Wildman–Crippen MR) is 134 cm³/mol. The minimum atomic E-state index is -1.92. The predicted octanol–water partition coefficient (Wildman–Crippen LogP) is -2.09. The number of rotatable bonds is 5. The molecule has 3 aromatic rings. The number of aromatic hydroxyl groups is 3. The minimum Gasteiger partial charge on any atom is -0.506 e. The highest BCUT2D eigenvalue weighted by Crippen LogP contribution is 2.46. The normalized spacial score (nSPS) is 32.2. The monoisotopic (exact) mass is 580 g/mol. The maximum atomic E-state index is 13.2. The van der Waals surface area contributed by atoms with E-state index >= 15 is 0 Å². The Kier molecular flexibility index (Phi) is 7.82. The van der Waals surface area contributed by atoms with Gasteiger partial charge in [-0.1, -0.05) is 0 Å². The van der Waals surface area contributed by atoms with Gasteiger partial charge in [0, 0.05) is 17.7 Å². The molecule has 10 N–H and O–H groups in total. The molecular weight excluding hydrogens is 552 g/mol. The second kappa shape index (κ2) is 11.1. The van der Waals surface area contributed by atoms with Gasteiger partial charge in [0.1, 0.15) is 77.1 Å². The number of hydrogen-bond acceptors (Lipinski definition) is 15. The standard InChI is InChI=1S/C26H28O15/c27-6-16-20(33)22(35)23(36)25(40-16)18-15(41-26-24(37)19(32)12(31)7-38-26)5-14-17(21(18)34)11(30)4-13(39-14)8-1-2-9(28)10(29)3-8/h1-5,12,16,19-20,22-29,31-37H,6-7H2. The highest BCUT2D eigenvalue weighted by atomic mass is 16.7. The second-order valence-electron chi connectivity index (χ2n) is 9.81. The van der Waals surface area contributed by atoms with Crippen LogP contribution in [0.4, 0.5) is 0 Å². The second-order valence-corrected chi connectivity index (χ2v) is 9.81. The number of aliphatic hydroxyl groups excluding tert-OH is 7. The average molecular weight is 580 g/mol. The van der Waals surface area contributed by atoms with Crippen LogP contribution >= 0.6 is 0 Å². The molecule has 0 amide bonds. The molecule has 2 saturated heterocycles. The van der Waals surface area contributed by atoms with Crippen LogP contribution in [0.1, 0.15) is 11.7 Å². The summed E-state index contributed by atoms with van der Waals surface area (Å²) >= 11 is 0. The van der Waals surface area contributed by atoms with E-state index in [9.17, 15) is 55.9 Å². The summed E-state index contributed by atoms with van der Waals surface area (Å²) in [4.78, 5) is 13.2. The van der Waals surface area contributed by atoms with Crippen molar-refractivity contribution in [2.75, 3.05) is 13.2 Å². The fourth-order valence-electron chi connectivity index (χ4n) is 4.83.